The molecule has 0 aliphatic carbocycles. The lowest BCUT2D eigenvalue weighted by Gasteiger charge is -2.11. The summed E-state index contributed by atoms with van der Waals surface area (Å²) in [5.74, 6) is 0.557. The molecule has 0 fully saturated rings. The summed E-state index contributed by atoms with van der Waals surface area (Å²) in [5, 5.41) is 0. The van der Waals surface area contributed by atoms with Gasteiger partial charge in [-0.25, -0.2) is 14.4 Å². The van der Waals surface area contributed by atoms with Crippen molar-refractivity contribution in [2.24, 2.45) is 0 Å². The van der Waals surface area contributed by atoms with E-state index in [1.165, 1.54) is 18.5 Å². The first kappa shape index (κ1) is 11.5. The number of halogens is 1. The maximum Gasteiger partial charge on any atom is 0.132 e. The average Bonchev–Trinajstić information content (AvgIpc) is 2.28. The van der Waals surface area contributed by atoms with Crippen LogP contribution in [0.25, 0.3) is 11.3 Å². The second-order valence-electron chi connectivity index (χ2n) is 4.17. The Balaban J connectivity index is 2.49. The predicted molar refractivity (Wildman–Crippen MR) is 66.5 cm³/mol. The fraction of sp³-hybridized carbons (Fsp3) is 0.231. The molecule has 3 nitrogen and oxygen atoms in total. The van der Waals surface area contributed by atoms with Crippen LogP contribution in [-0.4, -0.2) is 24.1 Å². The van der Waals surface area contributed by atoms with Gasteiger partial charge in [0.25, 0.3) is 0 Å². The van der Waals surface area contributed by atoms with Crippen LogP contribution in [0.2, 0.25) is 0 Å². The van der Waals surface area contributed by atoms with Gasteiger partial charge in [0.15, 0.2) is 0 Å². The van der Waals surface area contributed by atoms with Gasteiger partial charge in [0.1, 0.15) is 18.0 Å². The lowest BCUT2D eigenvalue weighted by Crippen LogP contribution is -2.10. The van der Waals surface area contributed by atoms with E-state index in [2.05, 4.69) is 9.97 Å². The molecule has 0 saturated heterocycles. The Morgan fingerprint density at radius 1 is 1.06 bits per heavy atom. The van der Waals surface area contributed by atoms with E-state index in [0.29, 0.717) is 0 Å². The maximum atomic E-state index is 13.3. The smallest absolute Gasteiger partial charge is 0.132 e. The Hall–Kier alpha value is -1.97. The van der Waals surface area contributed by atoms with E-state index >= 15 is 0 Å². The van der Waals surface area contributed by atoms with Crippen molar-refractivity contribution in [3.8, 4) is 11.3 Å². The molecule has 1 heterocycles. The quantitative estimate of drug-likeness (QED) is 0.795. The van der Waals surface area contributed by atoms with Crippen LogP contribution < -0.4 is 4.90 Å². The molecule has 88 valence electrons. The highest BCUT2D eigenvalue weighted by atomic mass is 19.1. The lowest BCUT2D eigenvalue weighted by molar-refractivity contribution is 0.627. The van der Waals surface area contributed by atoms with Gasteiger partial charge in [-0.2, -0.15) is 0 Å². The molecule has 0 bridgehead atoms. The summed E-state index contributed by atoms with van der Waals surface area (Å²) in [6.45, 7) is 1.86. The first-order chi connectivity index (χ1) is 8.06. The van der Waals surface area contributed by atoms with E-state index in [0.717, 1.165) is 22.6 Å². The van der Waals surface area contributed by atoms with Gasteiger partial charge in [-0.15, -0.1) is 0 Å². The summed E-state index contributed by atoms with van der Waals surface area (Å²) >= 11 is 0. The number of aryl methyl sites for hydroxylation is 1. The van der Waals surface area contributed by atoms with Crippen LogP contribution in [0.15, 0.2) is 30.6 Å². The minimum atomic E-state index is -0.245. The largest absolute Gasteiger partial charge is 0.363 e. The number of hydrogen-bond acceptors (Lipinski definition) is 3. The van der Waals surface area contributed by atoms with Crippen molar-refractivity contribution in [3.05, 3.63) is 42.0 Å². The molecule has 2 rings (SSSR count). The summed E-state index contributed by atoms with van der Waals surface area (Å²) < 4.78 is 13.3. The third-order valence-electron chi connectivity index (χ3n) is 2.45. The number of benzene rings is 1. The molecule has 0 saturated carbocycles. The zero-order chi connectivity index (χ0) is 12.4. The topological polar surface area (TPSA) is 29.0 Å². The SMILES string of the molecule is Cc1cc(F)cc(-c2cc(N(C)C)ncn2)c1. The Bertz CT molecular complexity index is 518. The van der Waals surface area contributed by atoms with Gasteiger partial charge in [-0.3, -0.25) is 0 Å². The molecular formula is C13H14FN3. The van der Waals surface area contributed by atoms with Crippen molar-refractivity contribution >= 4 is 5.82 Å². The average molecular weight is 231 g/mol. The van der Waals surface area contributed by atoms with Crippen LogP contribution in [0.1, 0.15) is 5.56 Å². The summed E-state index contributed by atoms with van der Waals surface area (Å²) in [6.07, 6.45) is 1.49. The monoisotopic (exact) mass is 231 g/mol. The van der Waals surface area contributed by atoms with Gasteiger partial charge in [0.05, 0.1) is 5.69 Å². The molecule has 4 heteroatoms. The van der Waals surface area contributed by atoms with Gasteiger partial charge >= 0.3 is 0 Å². The molecule has 17 heavy (non-hydrogen) atoms. The molecule has 1 aromatic carbocycles. The fourth-order valence-corrected chi connectivity index (χ4v) is 1.63. The van der Waals surface area contributed by atoms with Crippen molar-refractivity contribution in [3.63, 3.8) is 0 Å². The number of nitrogens with zero attached hydrogens (tertiary/aromatic N) is 3. The van der Waals surface area contributed by atoms with Crippen molar-refractivity contribution in [1.29, 1.82) is 0 Å². The van der Waals surface area contributed by atoms with Crippen LogP contribution >= 0.6 is 0 Å². The van der Waals surface area contributed by atoms with Crippen LogP contribution in [0.5, 0.6) is 0 Å². The summed E-state index contributed by atoms with van der Waals surface area (Å²) in [4.78, 5) is 10.2. The number of hydrogen-bond donors (Lipinski definition) is 0. The minimum absolute atomic E-state index is 0.245. The molecule has 0 atom stereocenters. The standard InChI is InChI=1S/C13H14FN3/c1-9-4-10(6-11(14)5-9)12-7-13(17(2)3)16-8-15-12/h4-8H,1-3H3. The zero-order valence-corrected chi connectivity index (χ0v) is 10.1. The molecule has 0 N–H and O–H groups in total. The zero-order valence-electron chi connectivity index (χ0n) is 10.1. The van der Waals surface area contributed by atoms with E-state index in [4.69, 9.17) is 0 Å². The molecule has 0 unspecified atom stereocenters. The normalized spacial score (nSPS) is 10.4. The van der Waals surface area contributed by atoms with Crippen molar-refractivity contribution in [2.75, 3.05) is 19.0 Å². The lowest BCUT2D eigenvalue weighted by atomic mass is 10.1. The number of anilines is 1. The number of rotatable bonds is 2. The van der Waals surface area contributed by atoms with Gasteiger partial charge < -0.3 is 4.90 Å². The molecule has 2 aromatic rings. The highest BCUT2D eigenvalue weighted by molar-refractivity contribution is 5.63. The van der Waals surface area contributed by atoms with Crippen molar-refractivity contribution < 1.29 is 4.39 Å². The highest BCUT2D eigenvalue weighted by Gasteiger charge is 2.05. The third kappa shape index (κ3) is 2.58. The second-order valence-corrected chi connectivity index (χ2v) is 4.17. The third-order valence-corrected chi connectivity index (χ3v) is 2.45. The van der Waals surface area contributed by atoms with Crippen LogP contribution in [0, 0.1) is 12.7 Å². The molecule has 0 aliphatic heterocycles. The summed E-state index contributed by atoms with van der Waals surface area (Å²) in [6, 6.07) is 6.73. The highest BCUT2D eigenvalue weighted by Crippen LogP contribution is 2.21. The van der Waals surface area contributed by atoms with Crippen LogP contribution in [0.4, 0.5) is 10.2 Å². The maximum absolute atomic E-state index is 13.3. The Kier molecular flexibility index (Phi) is 3.04. The molecule has 0 amide bonds. The molecule has 0 spiro atoms. The summed E-state index contributed by atoms with van der Waals surface area (Å²) in [5.41, 5.74) is 2.38. The fourth-order valence-electron chi connectivity index (χ4n) is 1.63. The minimum Gasteiger partial charge on any atom is -0.363 e. The van der Waals surface area contributed by atoms with Crippen molar-refractivity contribution in [1.82, 2.24) is 9.97 Å². The van der Waals surface area contributed by atoms with E-state index < -0.39 is 0 Å². The van der Waals surface area contributed by atoms with Gasteiger partial charge in [0.2, 0.25) is 0 Å². The van der Waals surface area contributed by atoms with E-state index in [1.807, 2.05) is 38.1 Å². The second kappa shape index (κ2) is 4.49. The van der Waals surface area contributed by atoms with E-state index in [9.17, 15) is 4.39 Å². The molecule has 0 radical (unpaired) electrons. The van der Waals surface area contributed by atoms with Gasteiger partial charge in [-0.1, -0.05) is 0 Å². The molecular weight excluding hydrogens is 217 g/mol. The van der Waals surface area contributed by atoms with Crippen LogP contribution in [0.3, 0.4) is 0 Å². The molecule has 1 aromatic heterocycles. The van der Waals surface area contributed by atoms with E-state index in [-0.39, 0.29) is 5.82 Å². The molecule has 0 aliphatic rings. The van der Waals surface area contributed by atoms with Gasteiger partial charge in [0, 0.05) is 25.7 Å². The van der Waals surface area contributed by atoms with Gasteiger partial charge in [-0.05, 0) is 30.7 Å². The Morgan fingerprint density at radius 2 is 1.82 bits per heavy atom. The summed E-state index contributed by atoms with van der Waals surface area (Å²) in [7, 11) is 3.81. The van der Waals surface area contributed by atoms with E-state index in [1.54, 1.807) is 0 Å². The Morgan fingerprint density at radius 3 is 2.47 bits per heavy atom. The first-order valence-electron chi connectivity index (χ1n) is 5.33. The predicted octanol–water partition coefficient (Wildman–Crippen LogP) is 2.66. The Labute approximate surface area is 99.9 Å². The first-order valence-corrected chi connectivity index (χ1v) is 5.33. The number of aromatic nitrogens is 2. The van der Waals surface area contributed by atoms with Crippen LogP contribution in [-0.2, 0) is 0 Å². The van der Waals surface area contributed by atoms with Crippen molar-refractivity contribution in [2.45, 2.75) is 6.92 Å².